The van der Waals surface area contributed by atoms with Gasteiger partial charge >= 0.3 is 0 Å². The largest absolute Gasteiger partial charge is 0.372 e. The first-order valence-corrected chi connectivity index (χ1v) is 8.26. The molecular formula is C16H23N3S. The van der Waals surface area contributed by atoms with Crippen molar-refractivity contribution in [3.05, 3.63) is 23.8 Å². The molecule has 0 saturated carbocycles. The number of rotatable bonds is 3. The molecule has 0 radical (unpaired) electrons. The number of nitrogens with zero attached hydrogens (tertiary/aromatic N) is 2. The predicted molar refractivity (Wildman–Crippen MR) is 88.2 cm³/mol. The van der Waals surface area contributed by atoms with E-state index in [4.69, 9.17) is 4.99 Å². The van der Waals surface area contributed by atoms with Crippen LogP contribution in [0.5, 0.6) is 0 Å². The Bertz CT molecular complexity index is 541. The summed E-state index contributed by atoms with van der Waals surface area (Å²) in [6.45, 7) is 7.38. The molecule has 3 rings (SSSR count). The van der Waals surface area contributed by atoms with E-state index in [0.717, 1.165) is 19.6 Å². The molecule has 0 saturated heterocycles. The molecule has 0 bridgehead atoms. The third-order valence-corrected chi connectivity index (χ3v) is 5.57. The van der Waals surface area contributed by atoms with Crippen molar-refractivity contribution in [2.24, 2.45) is 4.99 Å². The van der Waals surface area contributed by atoms with Crippen LogP contribution in [0.15, 0.2) is 28.1 Å². The zero-order valence-electron chi connectivity index (χ0n) is 12.6. The molecule has 0 spiro atoms. The van der Waals surface area contributed by atoms with E-state index in [0.29, 0.717) is 0 Å². The zero-order chi connectivity index (χ0) is 14.2. The molecule has 2 heterocycles. The van der Waals surface area contributed by atoms with Crippen molar-refractivity contribution in [2.75, 3.05) is 31.6 Å². The molecule has 4 heteroatoms. The van der Waals surface area contributed by atoms with Crippen molar-refractivity contribution in [1.29, 1.82) is 0 Å². The van der Waals surface area contributed by atoms with Crippen LogP contribution < -0.4 is 10.2 Å². The SMILES string of the molecule is CCCC1(C2=NCCN2)CN(C)c2cc(C)ccc2S1. The van der Waals surface area contributed by atoms with Crippen molar-refractivity contribution in [3.63, 3.8) is 0 Å². The molecule has 2 aliphatic rings. The molecule has 0 amide bonds. The van der Waals surface area contributed by atoms with Gasteiger partial charge in [0, 0.05) is 25.0 Å². The normalized spacial score (nSPS) is 25.1. The smallest absolute Gasteiger partial charge is 0.115 e. The lowest BCUT2D eigenvalue weighted by molar-refractivity contribution is 0.628. The maximum atomic E-state index is 4.73. The summed E-state index contributed by atoms with van der Waals surface area (Å²) in [5, 5.41) is 3.52. The number of amidine groups is 1. The molecule has 2 aliphatic heterocycles. The molecule has 3 nitrogen and oxygen atoms in total. The minimum Gasteiger partial charge on any atom is -0.372 e. The summed E-state index contributed by atoms with van der Waals surface area (Å²) >= 11 is 2.00. The highest BCUT2D eigenvalue weighted by Crippen LogP contribution is 2.47. The molecule has 1 aromatic rings. The van der Waals surface area contributed by atoms with Gasteiger partial charge < -0.3 is 10.2 Å². The molecular weight excluding hydrogens is 266 g/mol. The van der Waals surface area contributed by atoms with Gasteiger partial charge in [-0.1, -0.05) is 19.4 Å². The van der Waals surface area contributed by atoms with E-state index in [2.05, 4.69) is 49.3 Å². The fourth-order valence-corrected chi connectivity index (χ4v) is 4.88. The number of nitrogens with one attached hydrogen (secondary N) is 1. The monoisotopic (exact) mass is 289 g/mol. The van der Waals surface area contributed by atoms with E-state index >= 15 is 0 Å². The van der Waals surface area contributed by atoms with Gasteiger partial charge in [0.2, 0.25) is 0 Å². The second kappa shape index (κ2) is 5.32. The van der Waals surface area contributed by atoms with Gasteiger partial charge in [0.15, 0.2) is 0 Å². The number of hydrogen-bond donors (Lipinski definition) is 1. The number of aryl methyl sites for hydroxylation is 1. The summed E-state index contributed by atoms with van der Waals surface area (Å²) in [7, 11) is 2.21. The van der Waals surface area contributed by atoms with E-state index in [1.54, 1.807) is 0 Å². The van der Waals surface area contributed by atoms with E-state index in [1.807, 2.05) is 11.8 Å². The fraction of sp³-hybridized carbons (Fsp3) is 0.562. The minimum atomic E-state index is 0.0995. The highest BCUT2D eigenvalue weighted by Gasteiger charge is 2.42. The molecule has 20 heavy (non-hydrogen) atoms. The summed E-state index contributed by atoms with van der Waals surface area (Å²) in [6, 6.07) is 6.78. The second-order valence-electron chi connectivity index (χ2n) is 5.83. The van der Waals surface area contributed by atoms with Gasteiger partial charge in [0.25, 0.3) is 0 Å². The van der Waals surface area contributed by atoms with Gasteiger partial charge in [-0.05, 0) is 31.0 Å². The molecule has 0 fully saturated rings. The predicted octanol–water partition coefficient (Wildman–Crippen LogP) is 3.08. The first-order valence-electron chi connectivity index (χ1n) is 7.44. The minimum absolute atomic E-state index is 0.0995. The Balaban J connectivity index is 2.00. The summed E-state index contributed by atoms with van der Waals surface area (Å²) in [5.74, 6) is 1.21. The number of anilines is 1. The Labute approximate surface area is 125 Å². The van der Waals surface area contributed by atoms with Crippen LogP contribution in [-0.2, 0) is 0 Å². The summed E-state index contributed by atoms with van der Waals surface area (Å²) < 4.78 is 0.0995. The van der Waals surface area contributed by atoms with Crippen LogP contribution in [0.4, 0.5) is 5.69 Å². The first-order chi connectivity index (χ1) is 9.64. The zero-order valence-corrected chi connectivity index (χ0v) is 13.4. The van der Waals surface area contributed by atoms with Gasteiger partial charge in [0.05, 0.1) is 17.0 Å². The van der Waals surface area contributed by atoms with Crippen molar-refractivity contribution in [3.8, 4) is 0 Å². The average Bonchev–Trinajstić information content (AvgIpc) is 2.95. The van der Waals surface area contributed by atoms with Gasteiger partial charge in [-0.15, -0.1) is 11.8 Å². The standard InChI is InChI=1S/C16H23N3S/c1-4-7-16(15-17-8-9-18-15)11-19(3)13-10-12(2)5-6-14(13)20-16/h5-6,10H,4,7-9,11H2,1-3H3,(H,17,18). The molecule has 108 valence electrons. The topological polar surface area (TPSA) is 27.6 Å². The third-order valence-electron chi connectivity index (χ3n) is 4.08. The van der Waals surface area contributed by atoms with Crippen LogP contribution in [-0.4, -0.2) is 37.3 Å². The van der Waals surface area contributed by atoms with Crippen LogP contribution in [0.3, 0.4) is 0 Å². The van der Waals surface area contributed by atoms with Crippen molar-refractivity contribution in [2.45, 2.75) is 36.3 Å². The lowest BCUT2D eigenvalue weighted by Gasteiger charge is -2.42. The number of benzene rings is 1. The Morgan fingerprint density at radius 3 is 3.00 bits per heavy atom. The maximum absolute atomic E-state index is 4.73. The van der Waals surface area contributed by atoms with Gasteiger partial charge in [-0.2, -0.15) is 0 Å². The Hall–Kier alpha value is -1.16. The number of thioether (sulfide) groups is 1. The Kier molecular flexibility index (Phi) is 3.67. The number of aliphatic imine (C=N–C) groups is 1. The number of hydrogen-bond acceptors (Lipinski definition) is 4. The highest BCUT2D eigenvalue weighted by atomic mass is 32.2. The number of fused-ring (bicyclic) bond motifs is 1. The lowest BCUT2D eigenvalue weighted by atomic mass is 9.99. The summed E-state index contributed by atoms with van der Waals surface area (Å²) in [5.41, 5.74) is 2.69. The van der Waals surface area contributed by atoms with E-state index in [9.17, 15) is 0 Å². The molecule has 1 N–H and O–H groups in total. The molecule has 1 unspecified atom stereocenters. The first kappa shape index (κ1) is 13.8. The van der Waals surface area contributed by atoms with Crippen molar-refractivity contribution >= 4 is 23.3 Å². The quantitative estimate of drug-likeness (QED) is 0.926. The summed E-state index contributed by atoms with van der Waals surface area (Å²) in [4.78, 5) is 8.52. The van der Waals surface area contributed by atoms with Gasteiger partial charge in [-0.25, -0.2) is 0 Å². The Morgan fingerprint density at radius 1 is 1.45 bits per heavy atom. The van der Waals surface area contributed by atoms with E-state index < -0.39 is 0 Å². The van der Waals surface area contributed by atoms with E-state index in [-0.39, 0.29) is 4.75 Å². The van der Waals surface area contributed by atoms with E-state index in [1.165, 1.54) is 34.8 Å². The third kappa shape index (κ3) is 2.30. The van der Waals surface area contributed by atoms with Crippen molar-refractivity contribution < 1.29 is 0 Å². The van der Waals surface area contributed by atoms with Gasteiger partial charge in [0.1, 0.15) is 5.84 Å². The van der Waals surface area contributed by atoms with Crippen LogP contribution in [0.25, 0.3) is 0 Å². The molecule has 0 aliphatic carbocycles. The molecule has 1 aromatic carbocycles. The molecule has 1 atom stereocenters. The Morgan fingerprint density at radius 2 is 2.30 bits per heavy atom. The summed E-state index contributed by atoms with van der Waals surface area (Å²) in [6.07, 6.45) is 2.35. The van der Waals surface area contributed by atoms with Crippen LogP contribution in [0.2, 0.25) is 0 Å². The maximum Gasteiger partial charge on any atom is 0.115 e. The van der Waals surface area contributed by atoms with Crippen LogP contribution in [0, 0.1) is 6.92 Å². The average molecular weight is 289 g/mol. The second-order valence-corrected chi connectivity index (χ2v) is 7.26. The van der Waals surface area contributed by atoms with Crippen molar-refractivity contribution in [1.82, 2.24) is 5.32 Å². The highest BCUT2D eigenvalue weighted by molar-refractivity contribution is 8.01. The molecule has 0 aromatic heterocycles. The van der Waals surface area contributed by atoms with Crippen LogP contribution in [0.1, 0.15) is 25.3 Å². The van der Waals surface area contributed by atoms with Gasteiger partial charge in [-0.3, -0.25) is 4.99 Å². The fourth-order valence-electron chi connectivity index (χ4n) is 3.20. The lowest BCUT2D eigenvalue weighted by Crippen LogP contribution is -2.51. The van der Waals surface area contributed by atoms with Crippen LogP contribution >= 0.6 is 11.8 Å².